The van der Waals surface area contributed by atoms with Crippen LogP contribution in [0.2, 0.25) is 0 Å². The number of nitrogens with zero attached hydrogens (tertiary/aromatic N) is 1. The van der Waals surface area contributed by atoms with Gasteiger partial charge < -0.3 is 4.79 Å². The van der Waals surface area contributed by atoms with Crippen molar-refractivity contribution in [2.24, 2.45) is 5.92 Å². The largest absolute Gasteiger partial charge is 0.300 e. The molecule has 1 aromatic rings. The smallest absolute Gasteiger partial charge is 0.152 e. The van der Waals surface area contributed by atoms with Crippen molar-refractivity contribution in [1.29, 1.82) is 0 Å². The summed E-state index contributed by atoms with van der Waals surface area (Å²) in [4.78, 5) is 12.6. The Morgan fingerprint density at radius 1 is 1.33 bits per heavy atom. The van der Waals surface area contributed by atoms with Gasteiger partial charge >= 0.3 is 0 Å². The van der Waals surface area contributed by atoms with Crippen LogP contribution in [0.3, 0.4) is 0 Å². The molecule has 1 aliphatic rings. The van der Waals surface area contributed by atoms with Crippen molar-refractivity contribution in [3.05, 3.63) is 35.6 Å². The lowest BCUT2D eigenvalue weighted by atomic mass is 9.90. The van der Waals surface area contributed by atoms with Crippen LogP contribution in [0.4, 0.5) is 4.39 Å². The molecule has 0 N–H and O–H groups in total. The van der Waals surface area contributed by atoms with Gasteiger partial charge in [0.1, 0.15) is 11.3 Å². The third-order valence-electron chi connectivity index (χ3n) is 3.55. The molecule has 4 heteroatoms. The molecule has 1 saturated heterocycles. The van der Waals surface area contributed by atoms with Crippen LogP contribution in [0.15, 0.2) is 24.3 Å². The first-order valence-corrected chi connectivity index (χ1v) is 6.70. The van der Waals surface area contributed by atoms with Gasteiger partial charge in [0.05, 0.1) is 0 Å². The van der Waals surface area contributed by atoms with Gasteiger partial charge in [0.15, 0.2) is 6.29 Å². The minimum atomic E-state index is -0.489. The van der Waals surface area contributed by atoms with Gasteiger partial charge in [-0.2, -0.15) is 0 Å². The number of carbonyl (C=O) groups is 1. The number of carbonyl (C=O) groups excluding carboxylic acids is 1. The summed E-state index contributed by atoms with van der Waals surface area (Å²) in [5.74, 6) is 0.409. The molecule has 18 heavy (non-hydrogen) atoms. The maximum atomic E-state index is 12.8. The first-order chi connectivity index (χ1) is 8.69. The molecular formula is C14H17ClFNO. The molecule has 0 radical (unpaired) electrons. The van der Waals surface area contributed by atoms with E-state index in [0.717, 1.165) is 38.6 Å². The molecule has 0 amide bonds. The molecule has 0 spiro atoms. The minimum Gasteiger partial charge on any atom is -0.300 e. The van der Waals surface area contributed by atoms with Crippen LogP contribution in [0, 0.1) is 11.7 Å². The molecule has 2 nitrogen and oxygen atoms in total. The number of benzene rings is 1. The standard InChI is InChI=1S/C14H17ClFNO/c15-14(10-18)17-7-5-12(6-8-17)9-11-1-3-13(16)4-2-11/h1-4,10,12,14H,5-9H2. The number of halogens is 2. The van der Waals surface area contributed by atoms with E-state index in [1.807, 2.05) is 17.0 Å². The monoisotopic (exact) mass is 269 g/mol. The highest BCUT2D eigenvalue weighted by Crippen LogP contribution is 2.23. The van der Waals surface area contributed by atoms with Crippen molar-refractivity contribution in [3.63, 3.8) is 0 Å². The first-order valence-electron chi connectivity index (χ1n) is 6.27. The SMILES string of the molecule is O=CC(Cl)N1CCC(Cc2ccc(F)cc2)CC1. The Labute approximate surface area is 112 Å². The fraction of sp³-hybridized carbons (Fsp3) is 0.500. The highest BCUT2D eigenvalue weighted by atomic mass is 35.5. The second kappa shape index (κ2) is 6.30. The third-order valence-corrected chi connectivity index (χ3v) is 3.93. The topological polar surface area (TPSA) is 20.3 Å². The molecule has 0 aliphatic carbocycles. The van der Waals surface area contributed by atoms with Crippen molar-refractivity contribution >= 4 is 17.9 Å². The van der Waals surface area contributed by atoms with Crippen LogP contribution in [0.25, 0.3) is 0 Å². The molecule has 0 aromatic heterocycles. The second-order valence-corrected chi connectivity index (χ2v) is 5.27. The van der Waals surface area contributed by atoms with Gasteiger partial charge in [0.2, 0.25) is 0 Å². The van der Waals surface area contributed by atoms with E-state index in [1.54, 1.807) is 0 Å². The molecule has 1 unspecified atom stereocenters. The summed E-state index contributed by atoms with van der Waals surface area (Å²) in [7, 11) is 0. The van der Waals surface area contributed by atoms with Crippen molar-refractivity contribution in [1.82, 2.24) is 4.90 Å². The molecule has 0 saturated carbocycles. The molecule has 2 rings (SSSR count). The Morgan fingerprint density at radius 2 is 1.94 bits per heavy atom. The average molecular weight is 270 g/mol. The number of aldehydes is 1. The number of likely N-dealkylation sites (tertiary alicyclic amines) is 1. The van der Waals surface area contributed by atoms with Gasteiger partial charge in [-0.05, 0) is 42.9 Å². The van der Waals surface area contributed by atoms with E-state index in [0.29, 0.717) is 5.92 Å². The molecule has 1 fully saturated rings. The van der Waals surface area contributed by atoms with E-state index in [1.165, 1.54) is 17.7 Å². The third kappa shape index (κ3) is 3.53. The van der Waals surface area contributed by atoms with Crippen molar-refractivity contribution < 1.29 is 9.18 Å². The zero-order valence-corrected chi connectivity index (χ0v) is 10.9. The quantitative estimate of drug-likeness (QED) is 0.476. The number of rotatable bonds is 4. The summed E-state index contributed by atoms with van der Waals surface area (Å²) in [6, 6.07) is 6.70. The van der Waals surface area contributed by atoms with E-state index in [-0.39, 0.29) is 5.82 Å². The van der Waals surface area contributed by atoms with Crippen LogP contribution in [0.1, 0.15) is 18.4 Å². The van der Waals surface area contributed by atoms with E-state index < -0.39 is 5.50 Å². The fourth-order valence-corrected chi connectivity index (χ4v) is 2.64. The maximum absolute atomic E-state index is 12.8. The number of hydrogen-bond donors (Lipinski definition) is 0. The van der Waals surface area contributed by atoms with E-state index >= 15 is 0 Å². The Balaban J connectivity index is 1.83. The highest BCUT2D eigenvalue weighted by Gasteiger charge is 2.23. The molecule has 1 aliphatic heterocycles. The number of piperidine rings is 1. The second-order valence-electron chi connectivity index (χ2n) is 4.82. The van der Waals surface area contributed by atoms with E-state index in [2.05, 4.69) is 0 Å². The zero-order chi connectivity index (χ0) is 13.0. The number of alkyl halides is 1. The van der Waals surface area contributed by atoms with Gasteiger partial charge in [-0.3, -0.25) is 4.90 Å². The maximum Gasteiger partial charge on any atom is 0.152 e. The lowest BCUT2D eigenvalue weighted by Crippen LogP contribution is -2.39. The summed E-state index contributed by atoms with van der Waals surface area (Å²) in [5, 5.41) is 0. The lowest BCUT2D eigenvalue weighted by molar-refractivity contribution is -0.110. The molecule has 1 atom stereocenters. The van der Waals surface area contributed by atoms with Crippen LogP contribution >= 0.6 is 11.6 Å². The Morgan fingerprint density at radius 3 is 2.50 bits per heavy atom. The summed E-state index contributed by atoms with van der Waals surface area (Å²) < 4.78 is 12.8. The Hall–Kier alpha value is -0.930. The van der Waals surface area contributed by atoms with Crippen molar-refractivity contribution in [2.75, 3.05) is 13.1 Å². The van der Waals surface area contributed by atoms with E-state index in [9.17, 15) is 9.18 Å². The average Bonchev–Trinajstić information content (AvgIpc) is 2.41. The zero-order valence-electron chi connectivity index (χ0n) is 10.2. The predicted molar refractivity (Wildman–Crippen MR) is 70.1 cm³/mol. The van der Waals surface area contributed by atoms with Crippen LogP contribution in [0.5, 0.6) is 0 Å². The van der Waals surface area contributed by atoms with E-state index in [4.69, 9.17) is 11.6 Å². The highest BCUT2D eigenvalue weighted by molar-refractivity contribution is 6.27. The predicted octanol–water partition coefficient (Wildman–Crippen LogP) is 2.84. The van der Waals surface area contributed by atoms with Crippen molar-refractivity contribution in [2.45, 2.75) is 24.8 Å². The molecule has 1 heterocycles. The first kappa shape index (κ1) is 13.5. The van der Waals surface area contributed by atoms with Crippen LogP contribution in [-0.4, -0.2) is 29.8 Å². The van der Waals surface area contributed by atoms with Gasteiger partial charge in [-0.1, -0.05) is 23.7 Å². The van der Waals surface area contributed by atoms with Crippen LogP contribution < -0.4 is 0 Å². The fourth-order valence-electron chi connectivity index (χ4n) is 2.44. The Bertz CT molecular complexity index is 387. The summed E-state index contributed by atoms with van der Waals surface area (Å²) in [6.07, 6.45) is 3.83. The van der Waals surface area contributed by atoms with Crippen molar-refractivity contribution in [3.8, 4) is 0 Å². The molecule has 98 valence electrons. The molecule has 1 aromatic carbocycles. The number of hydrogen-bond acceptors (Lipinski definition) is 2. The van der Waals surface area contributed by atoms with Gasteiger partial charge in [-0.15, -0.1) is 0 Å². The van der Waals surface area contributed by atoms with Gasteiger partial charge in [0.25, 0.3) is 0 Å². The minimum absolute atomic E-state index is 0.190. The summed E-state index contributed by atoms with van der Waals surface area (Å²) >= 11 is 5.89. The summed E-state index contributed by atoms with van der Waals surface area (Å²) in [6.45, 7) is 1.72. The van der Waals surface area contributed by atoms with Gasteiger partial charge in [-0.25, -0.2) is 4.39 Å². The Kier molecular flexibility index (Phi) is 4.72. The normalized spacial score (nSPS) is 19.7. The molecular weight excluding hydrogens is 253 g/mol. The lowest BCUT2D eigenvalue weighted by Gasteiger charge is -2.32. The van der Waals surface area contributed by atoms with Gasteiger partial charge in [0, 0.05) is 13.1 Å². The molecule has 0 bridgehead atoms. The summed E-state index contributed by atoms with van der Waals surface area (Å²) in [5.41, 5.74) is 0.685. The van der Waals surface area contributed by atoms with Crippen LogP contribution in [-0.2, 0) is 11.2 Å².